The molecule has 0 atom stereocenters. The van der Waals surface area contributed by atoms with Crippen molar-refractivity contribution in [3.8, 4) is 33.4 Å². The lowest BCUT2D eigenvalue weighted by Gasteiger charge is -2.18. The molecule has 0 saturated carbocycles. The maximum absolute atomic E-state index is 6.88. The van der Waals surface area contributed by atoms with Crippen LogP contribution in [-0.4, -0.2) is 0 Å². The molecular weight excluding hydrogens is 713 g/mol. The zero-order valence-electron chi connectivity index (χ0n) is 30.5. The van der Waals surface area contributed by atoms with Crippen LogP contribution in [0.3, 0.4) is 0 Å². The molecule has 3 heterocycles. The molecule has 264 valence electrons. The number of benzene rings is 10. The Morgan fingerprint density at radius 1 is 0.298 bits per heavy atom. The second-order valence-corrected chi connectivity index (χ2v) is 16.2. The normalized spacial score (nSPS) is 12.2. The van der Waals surface area contributed by atoms with Gasteiger partial charge in [-0.1, -0.05) is 140 Å². The van der Waals surface area contributed by atoms with Gasteiger partial charge in [0.05, 0.1) is 0 Å². The van der Waals surface area contributed by atoms with E-state index in [1.165, 1.54) is 91.1 Å². The van der Waals surface area contributed by atoms with E-state index in [0.29, 0.717) is 0 Å². The van der Waals surface area contributed by atoms with Crippen LogP contribution >= 0.6 is 11.3 Å². The largest absolute Gasteiger partial charge is 0.456 e. The van der Waals surface area contributed by atoms with Gasteiger partial charge in [0.2, 0.25) is 0 Å². The molecule has 0 saturated heterocycles. The monoisotopic (exact) mass is 742 g/mol. The first-order chi connectivity index (χ1) is 28.3. The summed E-state index contributed by atoms with van der Waals surface area (Å²) in [6.07, 6.45) is 0. The highest BCUT2D eigenvalue weighted by atomic mass is 32.1. The molecule has 0 aliphatic rings. The lowest BCUT2D eigenvalue weighted by molar-refractivity contribution is 0.669. The Morgan fingerprint density at radius 2 is 0.860 bits per heavy atom. The molecule has 3 aromatic heterocycles. The summed E-state index contributed by atoms with van der Waals surface area (Å²) < 4.78 is 15.6. The molecule has 0 radical (unpaired) electrons. The Labute approximate surface area is 330 Å². The standard InChI is InChI=1S/C54H30O2S/c1-2-13-36-34(11-1)43(30-47-52(36)42-26-28-49-53(54(42)56-47)41-18-8-10-20-48(41)57-49)31-21-23-32(24-22-31)50-37-14-3-5-16-39(37)51(40-17-6-4-15-38(40)50)33-25-27-46-44(29-33)35-12-7-9-19-45(35)55-46/h1-30H. The van der Waals surface area contributed by atoms with Crippen molar-refractivity contribution < 1.29 is 8.83 Å². The third kappa shape index (κ3) is 4.40. The minimum absolute atomic E-state index is 0.908. The SMILES string of the molecule is c1ccc2c(c1)oc1ccc(-c3c4ccccc4c(-c4ccc(-c5cc6oc7c(ccc8sc9ccccc9c87)c6c6ccccc56)cc4)c4ccccc34)cc12. The zero-order chi connectivity index (χ0) is 37.2. The topological polar surface area (TPSA) is 26.3 Å². The summed E-state index contributed by atoms with van der Waals surface area (Å²) in [6.45, 7) is 0. The van der Waals surface area contributed by atoms with E-state index in [2.05, 4.69) is 170 Å². The van der Waals surface area contributed by atoms with Gasteiger partial charge >= 0.3 is 0 Å². The number of hydrogen-bond donors (Lipinski definition) is 0. The van der Waals surface area contributed by atoms with E-state index in [1.807, 2.05) is 23.5 Å². The minimum atomic E-state index is 0.908. The molecular formula is C54H30O2S. The van der Waals surface area contributed by atoms with Crippen molar-refractivity contribution in [2.75, 3.05) is 0 Å². The molecule has 0 unspecified atom stereocenters. The smallest absolute Gasteiger partial charge is 0.144 e. The summed E-state index contributed by atoms with van der Waals surface area (Å²) in [7, 11) is 0. The highest BCUT2D eigenvalue weighted by Crippen LogP contribution is 2.47. The van der Waals surface area contributed by atoms with Crippen molar-refractivity contribution in [1.29, 1.82) is 0 Å². The Balaban J connectivity index is 0.998. The van der Waals surface area contributed by atoms with E-state index in [9.17, 15) is 0 Å². The molecule has 13 rings (SSSR count). The Hall–Kier alpha value is -7.20. The number of para-hydroxylation sites is 1. The predicted molar refractivity (Wildman–Crippen MR) is 243 cm³/mol. The molecule has 3 heteroatoms. The van der Waals surface area contributed by atoms with Crippen molar-refractivity contribution in [2.45, 2.75) is 0 Å². The first-order valence-corrected chi connectivity index (χ1v) is 20.2. The molecule has 0 aliphatic heterocycles. The molecule has 0 amide bonds. The van der Waals surface area contributed by atoms with Crippen molar-refractivity contribution in [3.05, 3.63) is 182 Å². The molecule has 57 heavy (non-hydrogen) atoms. The lowest BCUT2D eigenvalue weighted by Crippen LogP contribution is -1.91. The van der Waals surface area contributed by atoms with Crippen LogP contribution in [0, 0.1) is 0 Å². The molecule has 10 aromatic carbocycles. The number of hydrogen-bond acceptors (Lipinski definition) is 3. The van der Waals surface area contributed by atoms with Gasteiger partial charge in [-0.3, -0.25) is 0 Å². The summed E-state index contributed by atoms with van der Waals surface area (Å²) >= 11 is 1.83. The van der Waals surface area contributed by atoms with Crippen molar-refractivity contribution in [1.82, 2.24) is 0 Å². The number of thiophene rings is 1. The fourth-order valence-corrected chi connectivity index (χ4v) is 10.7. The molecule has 0 fully saturated rings. The summed E-state index contributed by atoms with van der Waals surface area (Å²) in [5, 5.41) is 14.4. The molecule has 0 aliphatic carbocycles. The van der Waals surface area contributed by atoms with Crippen molar-refractivity contribution in [3.63, 3.8) is 0 Å². The number of rotatable bonds is 3. The second-order valence-electron chi connectivity index (χ2n) is 15.1. The highest BCUT2D eigenvalue weighted by Gasteiger charge is 2.21. The number of furan rings is 2. The maximum atomic E-state index is 6.88. The van der Waals surface area contributed by atoms with Gasteiger partial charge < -0.3 is 8.83 Å². The molecule has 13 aromatic rings. The summed E-state index contributed by atoms with van der Waals surface area (Å²) in [6, 6.07) is 66.0. The average Bonchev–Trinajstić information content (AvgIpc) is 3.96. The van der Waals surface area contributed by atoms with Crippen LogP contribution in [-0.2, 0) is 0 Å². The summed E-state index contributed by atoms with van der Waals surface area (Å²) in [4.78, 5) is 0. The van der Waals surface area contributed by atoms with Crippen LogP contribution in [0.2, 0.25) is 0 Å². The van der Waals surface area contributed by atoms with Gasteiger partial charge in [0.1, 0.15) is 22.3 Å². The van der Waals surface area contributed by atoms with Crippen LogP contribution in [0.4, 0.5) is 0 Å². The van der Waals surface area contributed by atoms with E-state index in [-0.39, 0.29) is 0 Å². The van der Waals surface area contributed by atoms with Gasteiger partial charge in [-0.15, -0.1) is 11.3 Å². The molecule has 0 spiro atoms. The lowest BCUT2D eigenvalue weighted by atomic mass is 9.85. The highest BCUT2D eigenvalue weighted by molar-refractivity contribution is 7.26. The van der Waals surface area contributed by atoms with E-state index in [4.69, 9.17) is 8.83 Å². The average molecular weight is 743 g/mol. The minimum Gasteiger partial charge on any atom is -0.456 e. The van der Waals surface area contributed by atoms with E-state index in [0.717, 1.165) is 38.7 Å². The van der Waals surface area contributed by atoms with Crippen molar-refractivity contribution >= 4 is 108 Å². The van der Waals surface area contributed by atoms with Gasteiger partial charge in [-0.05, 0) is 108 Å². The first-order valence-electron chi connectivity index (χ1n) is 19.4. The quantitative estimate of drug-likeness (QED) is 0.169. The van der Waals surface area contributed by atoms with Crippen LogP contribution in [0.15, 0.2) is 191 Å². The second kappa shape index (κ2) is 11.7. The van der Waals surface area contributed by atoms with E-state index >= 15 is 0 Å². The van der Waals surface area contributed by atoms with Crippen LogP contribution < -0.4 is 0 Å². The van der Waals surface area contributed by atoms with Gasteiger partial charge in [0, 0.05) is 41.7 Å². The molecule has 2 nitrogen and oxygen atoms in total. The fourth-order valence-electron chi connectivity index (χ4n) is 9.59. The summed E-state index contributed by atoms with van der Waals surface area (Å²) in [5.41, 5.74) is 10.9. The van der Waals surface area contributed by atoms with Gasteiger partial charge in [-0.2, -0.15) is 0 Å². The van der Waals surface area contributed by atoms with Gasteiger partial charge in [0.25, 0.3) is 0 Å². The van der Waals surface area contributed by atoms with E-state index < -0.39 is 0 Å². The molecule has 0 bridgehead atoms. The predicted octanol–water partition coefficient (Wildman–Crippen LogP) is 16.3. The third-order valence-corrected chi connectivity index (χ3v) is 13.2. The molecule has 0 N–H and O–H groups in total. The Bertz CT molecular complexity index is 3750. The first kappa shape index (κ1) is 31.1. The van der Waals surface area contributed by atoms with Crippen LogP contribution in [0.1, 0.15) is 0 Å². The fraction of sp³-hybridized carbons (Fsp3) is 0. The van der Waals surface area contributed by atoms with E-state index in [1.54, 1.807) is 0 Å². The third-order valence-electron chi connectivity index (χ3n) is 12.1. The Morgan fingerprint density at radius 3 is 1.60 bits per heavy atom. The van der Waals surface area contributed by atoms with Crippen LogP contribution in [0.25, 0.3) is 130 Å². The van der Waals surface area contributed by atoms with Gasteiger partial charge in [0.15, 0.2) is 0 Å². The van der Waals surface area contributed by atoms with Gasteiger partial charge in [-0.25, -0.2) is 0 Å². The number of fused-ring (bicyclic) bond motifs is 14. The maximum Gasteiger partial charge on any atom is 0.144 e. The van der Waals surface area contributed by atoms with Crippen molar-refractivity contribution in [2.24, 2.45) is 0 Å². The zero-order valence-corrected chi connectivity index (χ0v) is 31.4. The summed E-state index contributed by atoms with van der Waals surface area (Å²) in [5.74, 6) is 0. The van der Waals surface area contributed by atoms with Crippen LogP contribution in [0.5, 0.6) is 0 Å². The Kier molecular flexibility index (Phi) is 6.35.